The number of nitro benzene ring substituents is 1. The molecule has 0 fully saturated rings. The molecule has 1 aromatic carbocycles. The Morgan fingerprint density at radius 1 is 1.45 bits per heavy atom. The minimum atomic E-state index is -0.509. The van der Waals surface area contributed by atoms with Gasteiger partial charge in [-0.15, -0.1) is 0 Å². The van der Waals surface area contributed by atoms with Gasteiger partial charge < -0.3 is 9.67 Å². The van der Waals surface area contributed by atoms with Crippen molar-refractivity contribution in [2.24, 2.45) is 0 Å². The van der Waals surface area contributed by atoms with E-state index in [-0.39, 0.29) is 5.69 Å². The Morgan fingerprint density at radius 2 is 2.20 bits per heavy atom. The van der Waals surface area contributed by atoms with Gasteiger partial charge in [-0.3, -0.25) is 10.1 Å². The van der Waals surface area contributed by atoms with Crippen molar-refractivity contribution < 1.29 is 10.0 Å². The third-order valence-corrected chi connectivity index (χ3v) is 3.37. The highest BCUT2D eigenvalue weighted by Gasteiger charge is 2.15. The van der Waals surface area contributed by atoms with Gasteiger partial charge in [0.25, 0.3) is 5.69 Å². The lowest BCUT2D eigenvalue weighted by atomic mass is 10.1. The van der Waals surface area contributed by atoms with E-state index in [1.165, 1.54) is 12.1 Å². The number of nitrogens with zero attached hydrogens (tertiary/aromatic N) is 2. The summed E-state index contributed by atoms with van der Waals surface area (Å²) in [4.78, 5) is 10.6. The largest absolute Gasteiger partial charge is 0.388 e. The third kappa shape index (κ3) is 3.18. The molecule has 0 saturated carbocycles. The van der Waals surface area contributed by atoms with E-state index in [4.69, 9.17) is 11.6 Å². The maximum absolute atomic E-state index is 11.0. The lowest BCUT2D eigenvalue weighted by Crippen LogP contribution is -2.01. The highest BCUT2D eigenvalue weighted by Crippen LogP contribution is 2.24. The second kappa shape index (κ2) is 6.07. The number of aromatic nitrogens is 1. The molecule has 0 amide bonds. The minimum absolute atomic E-state index is 0.0423. The predicted molar refractivity (Wildman–Crippen MR) is 76.9 cm³/mol. The van der Waals surface area contributed by atoms with Crippen LogP contribution in [0.2, 0.25) is 5.02 Å². The summed E-state index contributed by atoms with van der Waals surface area (Å²) in [7, 11) is 0. The molecular weight excluding hydrogens is 280 g/mol. The van der Waals surface area contributed by atoms with Gasteiger partial charge in [-0.05, 0) is 30.2 Å². The fraction of sp³-hybridized carbons (Fsp3) is 0.286. The maximum atomic E-state index is 11.0. The first-order chi connectivity index (χ1) is 9.51. The van der Waals surface area contributed by atoms with E-state index < -0.39 is 11.0 Å². The monoisotopic (exact) mass is 294 g/mol. The van der Waals surface area contributed by atoms with Crippen molar-refractivity contribution >= 4 is 17.3 Å². The molecule has 20 heavy (non-hydrogen) atoms. The Morgan fingerprint density at radius 3 is 2.85 bits per heavy atom. The number of aliphatic hydroxyl groups excluding tert-OH is 1. The van der Waals surface area contributed by atoms with E-state index in [2.05, 4.69) is 0 Å². The van der Waals surface area contributed by atoms with E-state index >= 15 is 0 Å². The zero-order valence-corrected chi connectivity index (χ0v) is 11.7. The third-order valence-electron chi connectivity index (χ3n) is 3.14. The topological polar surface area (TPSA) is 68.3 Å². The van der Waals surface area contributed by atoms with E-state index in [9.17, 15) is 15.2 Å². The van der Waals surface area contributed by atoms with Gasteiger partial charge >= 0.3 is 0 Å². The molecule has 0 spiro atoms. The van der Waals surface area contributed by atoms with Crippen LogP contribution in [0.1, 0.15) is 30.6 Å². The van der Waals surface area contributed by atoms with Gasteiger partial charge in [0.2, 0.25) is 0 Å². The molecule has 1 aromatic heterocycles. The average molecular weight is 295 g/mol. The van der Waals surface area contributed by atoms with Gasteiger partial charge in [-0.2, -0.15) is 0 Å². The molecule has 106 valence electrons. The van der Waals surface area contributed by atoms with Crippen molar-refractivity contribution in [3.63, 3.8) is 0 Å². The van der Waals surface area contributed by atoms with Gasteiger partial charge in [-0.25, -0.2) is 0 Å². The molecule has 0 radical (unpaired) electrons. The summed E-state index contributed by atoms with van der Waals surface area (Å²) in [6, 6.07) is 6.31. The summed E-state index contributed by atoms with van der Waals surface area (Å²) in [5.74, 6) is 0. The molecule has 0 aliphatic heterocycles. The van der Waals surface area contributed by atoms with Crippen LogP contribution >= 0.6 is 11.6 Å². The van der Waals surface area contributed by atoms with Crippen molar-refractivity contribution in [1.29, 1.82) is 0 Å². The molecule has 0 aliphatic carbocycles. The normalized spacial score (nSPS) is 12.3. The summed E-state index contributed by atoms with van der Waals surface area (Å²) in [5, 5.41) is 21.2. The zero-order valence-electron chi connectivity index (χ0n) is 11.0. The zero-order chi connectivity index (χ0) is 14.7. The van der Waals surface area contributed by atoms with Crippen LogP contribution in [-0.4, -0.2) is 14.6 Å². The first-order valence-electron chi connectivity index (χ1n) is 6.27. The Bertz CT molecular complexity index is 625. The molecule has 0 bridgehead atoms. The number of hydrogen-bond donors (Lipinski definition) is 1. The second-order valence-electron chi connectivity index (χ2n) is 4.57. The number of halogens is 1. The van der Waals surface area contributed by atoms with Gasteiger partial charge in [0.1, 0.15) is 0 Å². The molecule has 6 heteroatoms. The Labute approximate surface area is 121 Å². The standard InChI is InChI=1S/C14H15ClN2O3/c1-2-14(18)10-5-6-16(8-10)9-11-7-12(15)3-4-13(11)17(19)20/h3-8,14,18H,2,9H2,1H3. The molecule has 5 nitrogen and oxygen atoms in total. The molecule has 1 N–H and O–H groups in total. The SMILES string of the molecule is CCC(O)c1ccn(Cc2cc(Cl)ccc2[N+](=O)[O-])c1. The van der Waals surface area contributed by atoms with Crippen LogP contribution < -0.4 is 0 Å². The lowest BCUT2D eigenvalue weighted by Gasteiger charge is -2.06. The van der Waals surface area contributed by atoms with Crippen molar-refractivity contribution in [2.45, 2.75) is 26.0 Å². The van der Waals surface area contributed by atoms with E-state index in [0.717, 1.165) is 5.56 Å². The molecule has 2 aromatic rings. The maximum Gasteiger partial charge on any atom is 0.274 e. The number of nitro groups is 1. The Kier molecular flexibility index (Phi) is 4.42. The van der Waals surface area contributed by atoms with Crippen LogP contribution in [0, 0.1) is 10.1 Å². The van der Waals surface area contributed by atoms with Crippen molar-refractivity contribution in [1.82, 2.24) is 4.57 Å². The van der Waals surface area contributed by atoms with Gasteiger partial charge in [-0.1, -0.05) is 18.5 Å². The van der Waals surface area contributed by atoms with Gasteiger partial charge in [0.15, 0.2) is 0 Å². The molecule has 1 atom stereocenters. The number of benzene rings is 1. The number of aliphatic hydroxyl groups is 1. The van der Waals surface area contributed by atoms with Crippen LogP contribution in [-0.2, 0) is 6.54 Å². The fourth-order valence-electron chi connectivity index (χ4n) is 2.05. The number of rotatable bonds is 5. The van der Waals surface area contributed by atoms with Crippen LogP contribution in [0.4, 0.5) is 5.69 Å². The van der Waals surface area contributed by atoms with Crippen molar-refractivity contribution in [3.05, 3.63) is 62.9 Å². The molecule has 1 heterocycles. The Balaban J connectivity index is 2.27. The fourth-order valence-corrected chi connectivity index (χ4v) is 2.24. The summed E-state index contributed by atoms with van der Waals surface area (Å²) in [6.07, 6.45) is 3.70. The molecule has 1 unspecified atom stereocenters. The van der Waals surface area contributed by atoms with Crippen LogP contribution in [0.5, 0.6) is 0 Å². The summed E-state index contributed by atoms with van der Waals surface area (Å²) in [6.45, 7) is 2.23. The molecular formula is C14H15ClN2O3. The number of hydrogen-bond acceptors (Lipinski definition) is 3. The lowest BCUT2D eigenvalue weighted by molar-refractivity contribution is -0.385. The van der Waals surface area contributed by atoms with E-state index in [0.29, 0.717) is 23.6 Å². The Hall–Kier alpha value is -1.85. The molecule has 2 rings (SSSR count). The summed E-state index contributed by atoms with van der Waals surface area (Å²) in [5.41, 5.74) is 1.38. The summed E-state index contributed by atoms with van der Waals surface area (Å²) >= 11 is 5.89. The highest BCUT2D eigenvalue weighted by molar-refractivity contribution is 6.30. The second-order valence-corrected chi connectivity index (χ2v) is 5.01. The summed E-state index contributed by atoms with van der Waals surface area (Å²) < 4.78 is 1.80. The molecule has 0 aliphatic rings. The smallest absolute Gasteiger partial charge is 0.274 e. The van der Waals surface area contributed by atoms with Gasteiger partial charge in [0.05, 0.1) is 23.1 Å². The first kappa shape index (κ1) is 14.6. The first-order valence-corrected chi connectivity index (χ1v) is 6.65. The van der Waals surface area contributed by atoms with Crippen molar-refractivity contribution in [2.75, 3.05) is 0 Å². The molecule has 0 saturated heterocycles. The van der Waals surface area contributed by atoms with E-state index in [1.54, 1.807) is 23.0 Å². The quantitative estimate of drug-likeness (QED) is 0.677. The average Bonchev–Trinajstić information content (AvgIpc) is 2.86. The highest BCUT2D eigenvalue weighted by atomic mass is 35.5. The van der Waals surface area contributed by atoms with Crippen LogP contribution in [0.15, 0.2) is 36.7 Å². The van der Waals surface area contributed by atoms with Crippen LogP contribution in [0.25, 0.3) is 0 Å². The van der Waals surface area contributed by atoms with Gasteiger partial charge in [0, 0.05) is 23.5 Å². The van der Waals surface area contributed by atoms with E-state index in [1.807, 2.05) is 13.0 Å². The van der Waals surface area contributed by atoms with Crippen molar-refractivity contribution in [3.8, 4) is 0 Å². The van der Waals surface area contributed by atoms with Crippen LogP contribution in [0.3, 0.4) is 0 Å². The predicted octanol–water partition coefficient (Wildman–Crippen LogP) is 3.54. The minimum Gasteiger partial charge on any atom is -0.388 e.